The predicted octanol–water partition coefficient (Wildman–Crippen LogP) is 5.82. The minimum Gasteiger partial charge on any atom is -0.481 e. The monoisotopic (exact) mass is 336 g/mol. The lowest BCUT2D eigenvalue weighted by atomic mass is 10.1. The van der Waals surface area contributed by atoms with Crippen LogP contribution in [-0.4, -0.2) is 22.3 Å². The molecule has 0 aliphatic heterocycles. The van der Waals surface area contributed by atoms with Crippen molar-refractivity contribution in [3.8, 4) is 0 Å². The zero-order valence-corrected chi connectivity index (χ0v) is 14.4. The van der Waals surface area contributed by atoms with Crippen LogP contribution in [0.25, 0.3) is 0 Å². The molecule has 0 spiro atoms. The molecular weight excluding hydrogens is 300 g/mol. The van der Waals surface area contributed by atoms with Crippen LogP contribution in [0, 0.1) is 0 Å². The summed E-state index contributed by atoms with van der Waals surface area (Å²) in [5.74, 6) is -0.816. The first-order valence-corrected chi connectivity index (χ1v) is 8.70. The van der Waals surface area contributed by atoms with Gasteiger partial charge < -0.3 is 10.2 Å². The molecule has 0 saturated carbocycles. The Balaban J connectivity index is 0. The number of carboxylic acid groups (broad SMARTS) is 1. The van der Waals surface area contributed by atoms with Crippen molar-refractivity contribution in [2.24, 2.45) is 0 Å². The highest BCUT2D eigenvalue weighted by molar-refractivity contribution is 5.66. The summed E-state index contributed by atoms with van der Waals surface area (Å²) in [4.78, 5) is 10.3. The first kappa shape index (κ1) is 24.6. The second-order valence-corrected chi connectivity index (χ2v) is 5.58. The Morgan fingerprint density at radius 2 is 1.62 bits per heavy atom. The molecule has 0 aromatic heterocycles. The van der Waals surface area contributed by atoms with Gasteiger partial charge in [0.2, 0.25) is 0 Å². The number of hydrogen-bond donors (Lipinski definition) is 2. The fourth-order valence-corrected chi connectivity index (χ4v) is 1.98. The van der Waals surface area contributed by atoms with Gasteiger partial charge in [0.15, 0.2) is 0 Å². The topological polar surface area (TPSA) is 57.5 Å². The van der Waals surface area contributed by atoms with E-state index in [1.165, 1.54) is 25.7 Å². The molecule has 0 radical (unpaired) electrons. The van der Waals surface area contributed by atoms with Crippen molar-refractivity contribution < 1.29 is 15.0 Å². The van der Waals surface area contributed by atoms with Crippen molar-refractivity contribution in [1.82, 2.24) is 0 Å². The maximum atomic E-state index is 10.3. The van der Waals surface area contributed by atoms with Gasteiger partial charge in [-0.1, -0.05) is 75.8 Å². The predicted molar refractivity (Wildman–Crippen MR) is 104 cm³/mol. The Morgan fingerprint density at radius 3 is 2.29 bits per heavy atom. The van der Waals surface area contributed by atoms with Crippen LogP contribution >= 0.6 is 0 Å². The van der Waals surface area contributed by atoms with E-state index in [1.54, 1.807) is 6.08 Å². The van der Waals surface area contributed by atoms with Crippen molar-refractivity contribution in [1.29, 1.82) is 0 Å². The van der Waals surface area contributed by atoms with Crippen molar-refractivity contribution in [2.75, 3.05) is 0 Å². The first-order chi connectivity index (χ1) is 11.2. The van der Waals surface area contributed by atoms with E-state index in [1.807, 2.05) is 18.2 Å². The van der Waals surface area contributed by atoms with Crippen LogP contribution in [0.2, 0.25) is 0 Å². The van der Waals surface area contributed by atoms with E-state index < -0.39 is 12.1 Å². The number of allylic oxidation sites excluding steroid dienone is 7. The van der Waals surface area contributed by atoms with Crippen LogP contribution in [-0.2, 0) is 4.79 Å². The summed E-state index contributed by atoms with van der Waals surface area (Å²) in [6.07, 6.45) is 23.6. The molecule has 24 heavy (non-hydrogen) atoms. The lowest BCUT2D eigenvalue weighted by Crippen LogP contribution is -2.03. The highest BCUT2D eigenvalue weighted by atomic mass is 16.4. The third-order valence-electron chi connectivity index (χ3n) is 3.32. The minimum absolute atomic E-state index is 0. The van der Waals surface area contributed by atoms with Gasteiger partial charge >= 0.3 is 5.97 Å². The van der Waals surface area contributed by atoms with Gasteiger partial charge in [-0.05, 0) is 38.5 Å². The number of unbranched alkanes of at least 4 members (excludes halogenated alkanes) is 3. The van der Waals surface area contributed by atoms with Gasteiger partial charge in [0.25, 0.3) is 0 Å². The summed E-state index contributed by atoms with van der Waals surface area (Å²) in [7, 11) is 0. The van der Waals surface area contributed by atoms with E-state index >= 15 is 0 Å². The Labute approximate surface area is 148 Å². The maximum absolute atomic E-state index is 10.3. The fraction of sp³-hybridized carbons (Fsp3) is 0.571. The summed E-state index contributed by atoms with van der Waals surface area (Å²) in [5.41, 5.74) is 0. The number of aliphatic hydroxyl groups excluding tert-OH is 1. The van der Waals surface area contributed by atoms with E-state index in [0.29, 0.717) is 12.8 Å². The lowest BCUT2D eigenvalue weighted by molar-refractivity contribution is -0.137. The van der Waals surface area contributed by atoms with E-state index in [9.17, 15) is 9.90 Å². The number of hydrogen-bond acceptors (Lipinski definition) is 2. The van der Waals surface area contributed by atoms with Gasteiger partial charge in [-0.2, -0.15) is 0 Å². The lowest BCUT2D eigenvalue weighted by Gasteiger charge is -2.02. The molecule has 0 amide bonds. The molecule has 0 aromatic rings. The molecule has 1 unspecified atom stereocenters. The fourth-order valence-electron chi connectivity index (χ4n) is 1.98. The van der Waals surface area contributed by atoms with Crippen LogP contribution in [0.4, 0.5) is 0 Å². The summed E-state index contributed by atoms with van der Waals surface area (Å²) in [6.45, 7) is 2.22. The standard InChI is InChI=1S/C20H32O3.CH4/c1-2-3-4-5-6-7-8-9-10-11-12-13-14-16-19(21)17-15-18-20(22)23;/h6-7,9-10,12-14,16,19,21H,2-5,8,11,15,17-18H2,1H3,(H,22,23);1H4/b7-6-,10-9-,13-12-,16-14+;. The molecule has 138 valence electrons. The van der Waals surface area contributed by atoms with Crippen LogP contribution in [0.5, 0.6) is 0 Å². The van der Waals surface area contributed by atoms with E-state index in [-0.39, 0.29) is 13.8 Å². The zero-order chi connectivity index (χ0) is 17.2. The Kier molecular flexibility index (Phi) is 20.0. The Bertz CT molecular complexity index is 392. The molecule has 0 aliphatic rings. The van der Waals surface area contributed by atoms with Crippen LogP contribution in [0.3, 0.4) is 0 Å². The van der Waals surface area contributed by atoms with Gasteiger partial charge in [-0.15, -0.1) is 0 Å². The van der Waals surface area contributed by atoms with Crippen molar-refractivity contribution in [3.63, 3.8) is 0 Å². The molecule has 0 saturated heterocycles. The third kappa shape index (κ3) is 20.4. The molecule has 2 N–H and O–H groups in total. The van der Waals surface area contributed by atoms with E-state index in [4.69, 9.17) is 5.11 Å². The van der Waals surface area contributed by atoms with E-state index in [2.05, 4.69) is 31.2 Å². The number of aliphatic carboxylic acids is 1. The molecule has 0 bridgehead atoms. The van der Waals surface area contributed by atoms with Gasteiger partial charge in [0.05, 0.1) is 6.10 Å². The Hall–Kier alpha value is -1.61. The third-order valence-corrected chi connectivity index (χ3v) is 3.32. The van der Waals surface area contributed by atoms with Crippen molar-refractivity contribution >= 4 is 5.97 Å². The second kappa shape index (κ2) is 19.4. The zero-order valence-electron chi connectivity index (χ0n) is 14.4. The SMILES string of the molecule is C.CCCCC/C=C\C/C=C\C/C=C\C=C\C(O)CCCC(=O)O. The highest BCUT2D eigenvalue weighted by Gasteiger charge is 2.01. The molecule has 1 atom stereocenters. The average molecular weight is 337 g/mol. The summed E-state index contributed by atoms with van der Waals surface area (Å²) < 4.78 is 0. The molecule has 0 heterocycles. The largest absolute Gasteiger partial charge is 0.481 e. The van der Waals surface area contributed by atoms with Gasteiger partial charge in [-0.25, -0.2) is 0 Å². The van der Waals surface area contributed by atoms with Crippen molar-refractivity contribution in [2.45, 2.75) is 78.2 Å². The number of carbonyl (C=O) groups is 1. The molecule has 0 aromatic carbocycles. The molecule has 3 nitrogen and oxygen atoms in total. The summed E-state index contributed by atoms with van der Waals surface area (Å²) in [5, 5.41) is 18.1. The number of carboxylic acids is 1. The molecular formula is C21H36O3. The van der Waals surface area contributed by atoms with Crippen LogP contribution in [0.1, 0.15) is 72.1 Å². The maximum Gasteiger partial charge on any atom is 0.303 e. The highest BCUT2D eigenvalue weighted by Crippen LogP contribution is 2.03. The number of rotatable bonds is 14. The normalized spacial score (nSPS) is 13.2. The van der Waals surface area contributed by atoms with Crippen LogP contribution < -0.4 is 0 Å². The molecule has 0 fully saturated rings. The first-order valence-electron chi connectivity index (χ1n) is 8.70. The Morgan fingerprint density at radius 1 is 0.958 bits per heavy atom. The van der Waals surface area contributed by atoms with Crippen LogP contribution in [0.15, 0.2) is 48.6 Å². The molecule has 0 rings (SSSR count). The number of aliphatic hydroxyl groups is 1. The minimum atomic E-state index is -0.816. The van der Waals surface area contributed by atoms with Crippen molar-refractivity contribution in [3.05, 3.63) is 48.6 Å². The van der Waals surface area contributed by atoms with Gasteiger partial charge in [0, 0.05) is 6.42 Å². The summed E-state index contributed by atoms with van der Waals surface area (Å²) in [6, 6.07) is 0. The summed E-state index contributed by atoms with van der Waals surface area (Å²) >= 11 is 0. The second-order valence-electron chi connectivity index (χ2n) is 5.58. The van der Waals surface area contributed by atoms with Gasteiger partial charge in [0.1, 0.15) is 0 Å². The molecule has 0 aliphatic carbocycles. The molecule has 3 heteroatoms. The average Bonchev–Trinajstić information content (AvgIpc) is 2.51. The van der Waals surface area contributed by atoms with E-state index in [0.717, 1.165) is 12.8 Å². The van der Waals surface area contributed by atoms with Gasteiger partial charge in [-0.3, -0.25) is 4.79 Å². The quantitative estimate of drug-likeness (QED) is 0.238. The smallest absolute Gasteiger partial charge is 0.303 e.